The molecule has 2 nitrogen and oxygen atoms in total. The highest BCUT2D eigenvalue weighted by Crippen LogP contribution is 2.24. The van der Waals surface area contributed by atoms with Gasteiger partial charge < -0.3 is 0 Å². The third-order valence-electron chi connectivity index (χ3n) is 2.71. The quantitative estimate of drug-likeness (QED) is 0.514. The average molecular weight is 194 g/mol. The van der Waals surface area contributed by atoms with Gasteiger partial charge in [-0.05, 0) is 23.9 Å². The summed E-state index contributed by atoms with van der Waals surface area (Å²) in [5, 5.41) is 3.53. The van der Waals surface area contributed by atoms with Crippen LogP contribution in [0.5, 0.6) is 0 Å². The van der Waals surface area contributed by atoms with Crippen molar-refractivity contribution in [2.24, 2.45) is 0 Å². The molecular formula is C13H10N2. The lowest BCUT2D eigenvalue weighted by Gasteiger charge is -2.04. The Labute approximate surface area is 87.6 Å². The van der Waals surface area contributed by atoms with Crippen LogP contribution in [0, 0.1) is 6.92 Å². The fourth-order valence-electron chi connectivity index (χ4n) is 1.94. The van der Waals surface area contributed by atoms with Gasteiger partial charge in [0.1, 0.15) is 0 Å². The first-order valence-corrected chi connectivity index (χ1v) is 4.94. The van der Waals surface area contributed by atoms with Gasteiger partial charge in [0.15, 0.2) is 0 Å². The maximum atomic E-state index is 4.41. The van der Waals surface area contributed by atoms with Crippen molar-refractivity contribution >= 4 is 21.7 Å². The van der Waals surface area contributed by atoms with E-state index in [1.807, 2.05) is 24.7 Å². The Morgan fingerprint density at radius 2 is 1.93 bits per heavy atom. The molecule has 2 heterocycles. The highest BCUT2D eigenvalue weighted by Gasteiger charge is 2.02. The van der Waals surface area contributed by atoms with E-state index in [1.54, 1.807) is 0 Å². The molecule has 2 heteroatoms. The predicted octanol–water partition coefficient (Wildman–Crippen LogP) is 3.09. The summed E-state index contributed by atoms with van der Waals surface area (Å²) in [7, 11) is 0. The van der Waals surface area contributed by atoms with E-state index in [-0.39, 0.29) is 0 Å². The summed E-state index contributed by atoms with van der Waals surface area (Å²) < 4.78 is 0. The number of benzene rings is 1. The molecule has 0 amide bonds. The highest BCUT2D eigenvalue weighted by atomic mass is 14.7. The third-order valence-corrected chi connectivity index (χ3v) is 2.71. The molecule has 2 aromatic heterocycles. The van der Waals surface area contributed by atoms with Crippen molar-refractivity contribution < 1.29 is 0 Å². The van der Waals surface area contributed by atoms with E-state index in [0.29, 0.717) is 0 Å². The lowest BCUT2D eigenvalue weighted by molar-refractivity contribution is 1.31. The molecule has 0 aliphatic carbocycles. The maximum absolute atomic E-state index is 4.41. The summed E-state index contributed by atoms with van der Waals surface area (Å²) in [4.78, 5) is 8.63. The van der Waals surface area contributed by atoms with Crippen LogP contribution in [0.1, 0.15) is 5.56 Å². The Morgan fingerprint density at radius 1 is 1.00 bits per heavy atom. The van der Waals surface area contributed by atoms with Crippen LogP contribution in [0.4, 0.5) is 0 Å². The van der Waals surface area contributed by atoms with Crippen LogP contribution in [0.15, 0.2) is 42.9 Å². The van der Waals surface area contributed by atoms with Gasteiger partial charge in [-0.25, -0.2) is 0 Å². The lowest BCUT2D eigenvalue weighted by atomic mass is 10.1. The van der Waals surface area contributed by atoms with Gasteiger partial charge in [-0.2, -0.15) is 0 Å². The SMILES string of the molecule is Cc1cncc2c1ccc1cccnc12. The maximum Gasteiger partial charge on any atom is 0.0795 e. The van der Waals surface area contributed by atoms with Crippen molar-refractivity contribution in [3.8, 4) is 0 Å². The predicted molar refractivity (Wildman–Crippen MR) is 61.8 cm³/mol. The molecule has 0 aliphatic heterocycles. The standard InChI is InChI=1S/C13H10N2/c1-9-7-14-8-12-11(9)5-4-10-3-2-6-15-13(10)12/h2-8H,1H3. The molecule has 0 saturated carbocycles. The zero-order chi connectivity index (χ0) is 10.3. The van der Waals surface area contributed by atoms with Gasteiger partial charge in [0.2, 0.25) is 0 Å². The fourth-order valence-corrected chi connectivity index (χ4v) is 1.94. The molecule has 0 aliphatic rings. The van der Waals surface area contributed by atoms with E-state index in [4.69, 9.17) is 0 Å². The second kappa shape index (κ2) is 3.02. The van der Waals surface area contributed by atoms with Crippen LogP contribution in [0.2, 0.25) is 0 Å². The number of nitrogens with zero attached hydrogens (tertiary/aromatic N) is 2. The molecule has 72 valence electrons. The molecule has 1 aromatic carbocycles. The molecule has 0 N–H and O–H groups in total. The van der Waals surface area contributed by atoms with Crippen LogP contribution in [-0.4, -0.2) is 9.97 Å². The Kier molecular flexibility index (Phi) is 1.68. The van der Waals surface area contributed by atoms with E-state index < -0.39 is 0 Å². The molecule has 0 fully saturated rings. The van der Waals surface area contributed by atoms with E-state index in [0.717, 1.165) is 16.3 Å². The number of aromatic nitrogens is 2. The minimum Gasteiger partial charge on any atom is -0.264 e. The molecule has 0 bridgehead atoms. The van der Waals surface area contributed by atoms with E-state index in [1.165, 1.54) is 10.9 Å². The first-order valence-electron chi connectivity index (χ1n) is 4.94. The van der Waals surface area contributed by atoms with Crippen molar-refractivity contribution in [3.05, 3.63) is 48.4 Å². The van der Waals surface area contributed by atoms with Crippen LogP contribution in [-0.2, 0) is 0 Å². The van der Waals surface area contributed by atoms with Gasteiger partial charge >= 0.3 is 0 Å². The van der Waals surface area contributed by atoms with Crippen molar-refractivity contribution in [3.63, 3.8) is 0 Å². The van der Waals surface area contributed by atoms with Gasteiger partial charge in [-0.3, -0.25) is 9.97 Å². The summed E-state index contributed by atoms with van der Waals surface area (Å²) in [6.07, 6.45) is 5.60. The molecule has 3 rings (SSSR count). The lowest BCUT2D eigenvalue weighted by Crippen LogP contribution is -1.85. The van der Waals surface area contributed by atoms with Crippen molar-refractivity contribution in [2.45, 2.75) is 6.92 Å². The van der Waals surface area contributed by atoms with E-state index >= 15 is 0 Å². The van der Waals surface area contributed by atoms with Gasteiger partial charge in [-0.1, -0.05) is 18.2 Å². The average Bonchev–Trinajstić information content (AvgIpc) is 2.29. The Balaban J connectivity index is 2.60. The zero-order valence-electron chi connectivity index (χ0n) is 8.44. The molecule has 15 heavy (non-hydrogen) atoms. The first-order chi connectivity index (χ1) is 7.36. The Bertz CT molecular complexity index is 644. The Hall–Kier alpha value is -1.96. The zero-order valence-corrected chi connectivity index (χ0v) is 8.44. The first kappa shape index (κ1) is 8.36. The fraction of sp³-hybridized carbons (Fsp3) is 0.0769. The van der Waals surface area contributed by atoms with Gasteiger partial charge in [0.25, 0.3) is 0 Å². The number of rotatable bonds is 0. The molecule has 3 aromatic rings. The van der Waals surface area contributed by atoms with Crippen LogP contribution < -0.4 is 0 Å². The van der Waals surface area contributed by atoms with Crippen molar-refractivity contribution in [2.75, 3.05) is 0 Å². The normalized spacial score (nSPS) is 11.0. The van der Waals surface area contributed by atoms with Gasteiger partial charge in [0, 0.05) is 29.4 Å². The second-order valence-electron chi connectivity index (χ2n) is 3.69. The summed E-state index contributed by atoms with van der Waals surface area (Å²) in [5.74, 6) is 0. The smallest absolute Gasteiger partial charge is 0.0795 e. The van der Waals surface area contributed by atoms with Crippen LogP contribution in [0.25, 0.3) is 21.7 Å². The topological polar surface area (TPSA) is 25.8 Å². The summed E-state index contributed by atoms with van der Waals surface area (Å²) in [6, 6.07) is 8.27. The molecule has 0 unspecified atom stereocenters. The molecule has 0 radical (unpaired) electrons. The number of aryl methyl sites for hydroxylation is 1. The van der Waals surface area contributed by atoms with Crippen molar-refractivity contribution in [1.82, 2.24) is 9.97 Å². The molecule has 0 saturated heterocycles. The van der Waals surface area contributed by atoms with Crippen LogP contribution >= 0.6 is 0 Å². The summed E-state index contributed by atoms with van der Waals surface area (Å²) in [5.41, 5.74) is 2.23. The number of hydrogen-bond donors (Lipinski definition) is 0. The number of hydrogen-bond acceptors (Lipinski definition) is 2. The highest BCUT2D eigenvalue weighted by molar-refractivity contribution is 6.05. The third kappa shape index (κ3) is 1.18. The van der Waals surface area contributed by atoms with Gasteiger partial charge in [-0.15, -0.1) is 0 Å². The molecule has 0 spiro atoms. The second-order valence-corrected chi connectivity index (χ2v) is 3.69. The van der Waals surface area contributed by atoms with Gasteiger partial charge in [0.05, 0.1) is 5.52 Å². The molecule has 0 atom stereocenters. The van der Waals surface area contributed by atoms with Crippen LogP contribution in [0.3, 0.4) is 0 Å². The van der Waals surface area contributed by atoms with E-state index in [9.17, 15) is 0 Å². The monoisotopic (exact) mass is 194 g/mol. The summed E-state index contributed by atoms with van der Waals surface area (Å²) >= 11 is 0. The Morgan fingerprint density at radius 3 is 2.87 bits per heavy atom. The van der Waals surface area contributed by atoms with Crippen molar-refractivity contribution in [1.29, 1.82) is 0 Å². The molecular weight excluding hydrogens is 184 g/mol. The summed E-state index contributed by atoms with van der Waals surface area (Å²) in [6.45, 7) is 2.07. The minimum atomic E-state index is 1.03. The number of pyridine rings is 2. The minimum absolute atomic E-state index is 1.03. The largest absolute Gasteiger partial charge is 0.264 e. The number of fused-ring (bicyclic) bond motifs is 3. The van der Waals surface area contributed by atoms with E-state index in [2.05, 4.69) is 35.1 Å².